The molecule has 0 amide bonds. The number of carbonyl (C=O) groups excluding carboxylic acids is 1. The number of halogens is 2. The molecule has 9 heteroatoms. The largest absolute Gasteiger partial charge is 0.478 e. The van der Waals surface area contributed by atoms with Gasteiger partial charge in [0, 0.05) is 10.4 Å². The summed E-state index contributed by atoms with van der Waals surface area (Å²) < 4.78 is 13.3. The SMILES string of the molecule is COC(=O)[C@@H](C)Oc1ccc(C=Nn2c(C(C)C)nc3ccc(Br)cc3c2=O)cc1I. The summed E-state index contributed by atoms with van der Waals surface area (Å²) in [7, 11) is 1.32. The lowest BCUT2D eigenvalue weighted by Gasteiger charge is -2.14. The van der Waals surface area contributed by atoms with E-state index in [1.807, 2.05) is 32.0 Å². The molecule has 0 saturated heterocycles. The van der Waals surface area contributed by atoms with Crippen LogP contribution in [0.1, 0.15) is 38.1 Å². The number of fused-ring (bicyclic) bond motifs is 1. The molecule has 0 bridgehead atoms. The van der Waals surface area contributed by atoms with Crippen molar-refractivity contribution < 1.29 is 14.3 Å². The van der Waals surface area contributed by atoms with Crippen LogP contribution in [0.15, 0.2) is 50.8 Å². The smallest absolute Gasteiger partial charge is 0.346 e. The maximum absolute atomic E-state index is 13.1. The minimum Gasteiger partial charge on any atom is -0.478 e. The number of benzene rings is 2. The second-order valence-corrected chi connectivity index (χ2v) is 9.20. The Morgan fingerprint density at radius 2 is 1.97 bits per heavy atom. The Labute approximate surface area is 201 Å². The third-order valence-corrected chi connectivity index (χ3v) is 5.80. The number of methoxy groups -OCH3 is 1. The monoisotopic (exact) mass is 597 g/mol. The predicted molar refractivity (Wildman–Crippen MR) is 132 cm³/mol. The number of ether oxygens (including phenoxy) is 2. The molecule has 162 valence electrons. The maximum atomic E-state index is 13.1. The highest BCUT2D eigenvalue weighted by Gasteiger charge is 2.17. The van der Waals surface area contributed by atoms with E-state index in [-0.39, 0.29) is 11.5 Å². The first-order valence-electron chi connectivity index (χ1n) is 9.52. The Hall–Kier alpha value is -2.27. The lowest BCUT2D eigenvalue weighted by molar-refractivity contribution is -0.147. The number of carbonyl (C=O) groups is 1. The zero-order valence-corrected chi connectivity index (χ0v) is 21.2. The highest BCUT2D eigenvalue weighted by Crippen LogP contribution is 2.23. The van der Waals surface area contributed by atoms with Crippen molar-refractivity contribution in [2.45, 2.75) is 32.8 Å². The Morgan fingerprint density at radius 1 is 1.23 bits per heavy atom. The fourth-order valence-corrected chi connectivity index (χ4v) is 3.90. The van der Waals surface area contributed by atoms with Gasteiger partial charge >= 0.3 is 5.97 Å². The first-order chi connectivity index (χ1) is 14.7. The minimum atomic E-state index is -0.715. The van der Waals surface area contributed by atoms with Crippen LogP contribution < -0.4 is 10.3 Å². The highest BCUT2D eigenvalue weighted by molar-refractivity contribution is 14.1. The average Bonchev–Trinajstić information content (AvgIpc) is 2.74. The number of rotatable bonds is 6. The molecule has 0 aliphatic carbocycles. The summed E-state index contributed by atoms with van der Waals surface area (Å²) >= 11 is 5.53. The molecular weight excluding hydrogens is 577 g/mol. The quantitative estimate of drug-likeness (QED) is 0.233. The summed E-state index contributed by atoms with van der Waals surface area (Å²) in [4.78, 5) is 29.3. The van der Waals surface area contributed by atoms with E-state index in [9.17, 15) is 9.59 Å². The molecule has 3 rings (SSSR count). The van der Waals surface area contributed by atoms with Crippen LogP contribution in [-0.2, 0) is 9.53 Å². The number of aromatic nitrogens is 2. The first kappa shape index (κ1) is 23.4. The van der Waals surface area contributed by atoms with Crippen LogP contribution in [0.25, 0.3) is 10.9 Å². The molecule has 0 N–H and O–H groups in total. The molecule has 2 aromatic carbocycles. The van der Waals surface area contributed by atoms with E-state index in [0.29, 0.717) is 22.5 Å². The molecule has 1 heterocycles. The number of hydrogen-bond donors (Lipinski definition) is 0. The van der Waals surface area contributed by atoms with Gasteiger partial charge in [0.05, 0.1) is 27.8 Å². The van der Waals surface area contributed by atoms with Gasteiger partial charge in [0.2, 0.25) is 0 Å². The van der Waals surface area contributed by atoms with E-state index in [0.717, 1.165) is 13.6 Å². The zero-order chi connectivity index (χ0) is 22.7. The lowest BCUT2D eigenvalue weighted by atomic mass is 10.2. The van der Waals surface area contributed by atoms with E-state index < -0.39 is 12.1 Å². The van der Waals surface area contributed by atoms with Crippen LogP contribution in [0, 0.1) is 3.57 Å². The lowest BCUT2D eigenvalue weighted by Crippen LogP contribution is -2.25. The van der Waals surface area contributed by atoms with Crippen molar-refractivity contribution in [2.24, 2.45) is 5.10 Å². The molecule has 0 aliphatic heterocycles. The van der Waals surface area contributed by atoms with Gasteiger partial charge in [-0.25, -0.2) is 9.78 Å². The Bertz CT molecular complexity index is 1220. The van der Waals surface area contributed by atoms with Crippen LogP contribution >= 0.6 is 38.5 Å². The molecule has 1 aromatic heterocycles. The van der Waals surface area contributed by atoms with E-state index in [1.54, 1.807) is 31.3 Å². The molecule has 1 atom stereocenters. The van der Waals surface area contributed by atoms with Gasteiger partial charge in [-0.05, 0) is 71.5 Å². The van der Waals surface area contributed by atoms with E-state index in [4.69, 9.17) is 4.74 Å². The van der Waals surface area contributed by atoms with Crippen LogP contribution in [0.5, 0.6) is 5.75 Å². The molecule has 3 aromatic rings. The Kier molecular flexibility index (Phi) is 7.47. The van der Waals surface area contributed by atoms with Gasteiger partial charge in [-0.3, -0.25) is 4.79 Å². The van der Waals surface area contributed by atoms with Crippen LogP contribution in [0.3, 0.4) is 0 Å². The van der Waals surface area contributed by atoms with Crippen molar-refractivity contribution in [3.63, 3.8) is 0 Å². The summed E-state index contributed by atoms with van der Waals surface area (Å²) in [6.07, 6.45) is 0.891. The standard InChI is InChI=1S/C22H21BrIN3O4/c1-12(2)20-26-18-7-6-15(23)10-16(18)21(28)27(20)25-11-14-5-8-19(17(24)9-14)31-13(3)22(29)30-4/h5-13H,1-4H3/t13-/m1/s1. The maximum Gasteiger partial charge on any atom is 0.346 e. The normalized spacial score (nSPS) is 12.5. The summed E-state index contributed by atoms with van der Waals surface area (Å²) in [5, 5.41) is 4.93. The third kappa shape index (κ3) is 5.32. The molecule has 31 heavy (non-hydrogen) atoms. The van der Waals surface area contributed by atoms with Crippen molar-refractivity contribution in [1.29, 1.82) is 0 Å². The number of hydrogen-bond acceptors (Lipinski definition) is 6. The summed E-state index contributed by atoms with van der Waals surface area (Å²) in [6, 6.07) is 10.8. The molecular formula is C22H21BrIN3O4. The summed E-state index contributed by atoms with van der Waals surface area (Å²) in [6.45, 7) is 5.56. The van der Waals surface area contributed by atoms with Crippen LogP contribution in [0.4, 0.5) is 0 Å². The van der Waals surface area contributed by atoms with E-state index >= 15 is 0 Å². The Balaban J connectivity index is 1.97. The van der Waals surface area contributed by atoms with E-state index in [1.165, 1.54) is 11.8 Å². The number of nitrogens with zero attached hydrogens (tertiary/aromatic N) is 3. The molecule has 0 saturated carbocycles. The van der Waals surface area contributed by atoms with Gasteiger partial charge in [-0.1, -0.05) is 29.8 Å². The van der Waals surface area contributed by atoms with Gasteiger partial charge in [0.15, 0.2) is 6.10 Å². The molecule has 0 radical (unpaired) electrons. The fraction of sp³-hybridized carbons (Fsp3) is 0.273. The van der Waals surface area contributed by atoms with Crippen molar-refractivity contribution in [2.75, 3.05) is 7.11 Å². The predicted octanol–water partition coefficient (Wildman–Crippen LogP) is 4.71. The second kappa shape index (κ2) is 9.90. The Morgan fingerprint density at radius 3 is 2.61 bits per heavy atom. The van der Waals surface area contributed by atoms with Crippen molar-refractivity contribution >= 4 is 61.6 Å². The van der Waals surface area contributed by atoms with E-state index in [2.05, 4.69) is 53.3 Å². The van der Waals surface area contributed by atoms with Crippen molar-refractivity contribution in [3.05, 3.63) is 66.2 Å². The van der Waals surface area contributed by atoms with Crippen molar-refractivity contribution in [1.82, 2.24) is 9.66 Å². The molecule has 0 fully saturated rings. The highest BCUT2D eigenvalue weighted by atomic mass is 127. The topological polar surface area (TPSA) is 82.8 Å². The second-order valence-electron chi connectivity index (χ2n) is 7.12. The minimum absolute atomic E-state index is 0.00798. The van der Waals surface area contributed by atoms with Gasteiger partial charge in [-0.15, -0.1) is 0 Å². The number of esters is 1. The van der Waals surface area contributed by atoms with Gasteiger partial charge in [-0.2, -0.15) is 9.78 Å². The molecule has 0 unspecified atom stereocenters. The first-order valence-corrected chi connectivity index (χ1v) is 11.4. The summed E-state index contributed by atoms with van der Waals surface area (Å²) in [5.74, 6) is 0.705. The van der Waals surface area contributed by atoms with Gasteiger partial charge in [0.25, 0.3) is 5.56 Å². The van der Waals surface area contributed by atoms with Crippen LogP contribution in [0.2, 0.25) is 0 Å². The molecule has 0 spiro atoms. The van der Waals surface area contributed by atoms with Gasteiger partial charge < -0.3 is 9.47 Å². The van der Waals surface area contributed by atoms with Gasteiger partial charge in [0.1, 0.15) is 11.6 Å². The molecule has 0 aliphatic rings. The molecule has 7 nitrogen and oxygen atoms in total. The third-order valence-electron chi connectivity index (χ3n) is 4.46. The zero-order valence-electron chi connectivity index (χ0n) is 17.4. The van der Waals surface area contributed by atoms with Crippen molar-refractivity contribution in [3.8, 4) is 5.75 Å². The fourth-order valence-electron chi connectivity index (χ4n) is 2.87. The van der Waals surface area contributed by atoms with Crippen LogP contribution in [-0.4, -0.2) is 35.1 Å². The summed E-state index contributed by atoms with van der Waals surface area (Å²) in [5.41, 5.74) is 1.19. The average molecular weight is 598 g/mol.